The van der Waals surface area contributed by atoms with Gasteiger partial charge in [0.2, 0.25) is 5.69 Å². The fourth-order valence-electron chi connectivity index (χ4n) is 1.06. The summed E-state index contributed by atoms with van der Waals surface area (Å²) >= 11 is 0. The summed E-state index contributed by atoms with van der Waals surface area (Å²) in [4.78, 5) is 11.5. The third-order valence-electron chi connectivity index (χ3n) is 1.89. The van der Waals surface area contributed by atoms with Crippen LogP contribution in [0.4, 0.5) is 5.69 Å². The van der Waals surface area contributed by atoms with Gasteiger partial charge in [0.25, 0.3) is 5.91 Å². The molecule has 0 saturated heterocycles. The zero-order chi connectivity index (χ0) is 12.1. The maximum atomic E-state index is 11.5. The molecule has 1 aromatic rings. The zero-order valence-electron chi connectivity index (χ0n) is 9.36. The van der Waals surface area contributed by atoms with Crippen LogP contribution in [-0.4, -0.2) is 23.4 Å². The highest BCUT2D eigenvalue weighted by atomic mass is 16.5. The van der Waals surface area contributed by atoms with Crippen molar-refractivity contribution in [2.24, 2.45) is 0 Å². The van der Waals surface area contributed by atoms with E-state index in [9.17, 15) is 10.0 Å². The van der Waals surface area contributed by atoms with E-state index in [0.29, 0.717) is 16.0 Å². The van der Waals surface area contributed by atoms with Gasteiger partial charge in [0.15, 0.2) is 0 Å². The van der Waals surface area contributed by atoms with Gasteiger partial charge < -0.3 is 5.21 Å². The number of hydrogen-bond acceptors (Lipinski definition) is 3. The molecule has 0 radical (unpaired) electrons. The van der Waals surface area contributed by atoms with E-state index in [0.717, 1.165) is 0 Å². The predicted molar refractivity (Wildman–Crippen MR) is 62.6 cm³/mol. The maximum Gasteiger partial charge on any atom is 0.265 e. The van der Waals surface area contributed by atoms with Crippen molar-refractivity contribution in [1.82, 2.24) is 10.9 Å². The Morgan fingerprint density at radius 2 is 1.94 bits per heavy atom. The molecule has 1 amide bonds. The van der Waals surface area contributed by atoms with Crippen LogP contribution in [-0.2, 0) is 0 Å². The lowest BCUT2D eigenvalue weighted by Crippen LogP contribution is -2.41. The van der Waals surface area contributed by atoms with Crippen molar-refractivity contribution in [2.75, 3.05) is 0 Å². The molecular formula is C11H15N3O2. The Morgan fingerprint density at radius 3 is 2.38 bits per heavy atom. The topological polar surface area (TPSA) is 67.2 Å². The minimum absolute atomic E-state index is 0.167. The Labute approximate surface area is 94.3 Å². The monoisotopic (exact) mass is 221 g/mol. The summed E-state index contributed by atoms with van der Waals surface area (Å²) < 4.78 is 0.494. The molecule has 0 bridgehead atoms. The molecular weight excluding hydrogens is 206 g/mol. The van der Waals surface area contributed by atoms with Gasteiger partial charge in [0.1, 0.15) is 6.72 Å². The molecule has 0 aliphatic rings. The molecule has 2 N–H and O–H groups in total. The SMILES string of the molecule is C=[N+]([O-])c1ccc(C(=O)NNC(C)C)cc1. The fourth-order valence-corrected chi connectivity index (χ4v) is 1.06. The molecule has 0 aromatic heterocycles. The molecule has 0 aliphatic carbocycles. The second-order valence-corrected chi connectivity index (χ2v) is 3.68. The summed E-state index contributed by atoms with van der Waals surface area (Å²) in [5, 5.41) is 10.8. The van der Waals surface area contributed by atoms with Gasteiger partial charge in [-0.05, 0) is 26.0 Å². The van der Waals surface area contributed by atoms with Crippen LogP contribution in [0.3, 0.4) is 0 Å². The van der Waals surface area contributed by atoms with E-state index in [1.54, 1.807) is 24.3 Å². The number of hydrogen-bond donors (Lipinski definition) is 2. The third-order valence-corrected chi connectivity index (χ3v) is 1.89. The molecule has 16 heavy (non-hydrogen) atoms. The van der Waals surface area contributed by atoms with Gasteiger partial charge in [-0.25, -0.2) is 5.43 Å². The minimum Gasteiger partial charge on any atom is -0.619 e. The van der Waals surface area contributed by atoms with Gasteiger partial charge in [0, 0.05) is 23.7 Å². The van der Waals surface area contributed by atoms with E-state index < -0.39 is 0 Å². The summed E-state index contributed by atoms with van der Waals surface area (Å²) in [7, 11) is 0. The first kappa shape index (κ1) is 12.2. The van der Waals surface area contributed by atoms with Crippen molar-refractivity contribution in [3.63, 3.8) is 0 Å². The van der Waals surface area contributed by atoms with Crippen molar-refractivity contribution in [2.45, 2.75) is 19.9 Å². The molecule has 5 nitrogen and oxygen atoms in total. The van der Waals surface area contributed by atoms with E-state index >= 15 is 0 Å². The first-order chi connectivity index (χ1) is 7.50. The molecule has 5 heteroatoms. The Bertz CT molecular complexity index is 385. The summed E-state index contributed by atoms with van der Waals surface area (Å²) in [5.41, 5.74) is 6.24. The Hall–Kier alpha value is -1.88. The van der Waals surface area contributed by atoms with E-state index in [1.807, 2.05) is 13.8 Å². The number of rotatable bonds is 4. The molecule has 1 aromatic carbocycles. The largest absolute Gasteiger partial charge is 0.619 e. The highest BCUT2D eigenvalue weighted by Crippen LogP contribution is 2.11. The average molecular weight is 221 g/mol. The van der Waals surface area contributed by atoms with Crippen LogP contribution in [0.5, 0.6) is 0 Å². The summed E-state index contributed by atoms with van der Waals surface area (Å²) in [6.07, 6.45) is 0. The Morgan fingerprint density at radius 1 is 1.38 bits per heavy atom. The Balaban J connectivity index is 2.67. The van der Waals surface area contributed by atoms with Gasteiger partial charge in [-0.1, -0.05) is 0 Å². The molecule has 0 fully saturated rings. The Kier molecular flexibility index (Phi) is 4.02. The van der Waals surface area contributed by atoms with Crippen LogP contribution in [0.1, 0.15) is 24.2 Å². The number of hydrazine groups is 1. The minimum atomic E-state index is -0.234. The highest BCUT2D eigenvalue weighted by molar-refractivity contribution is 5.94. The van der Waals surface area contributed by atoms with E-state index in [1.165, 1.54) is 0 Å². The van der Waals surface area contributed by atoms with Gasteiger partial charge in [-0.15, -0.1) is 0 Å². The third kappa shape index (κ3) is 3.36. The molecule has 0 atom stereocenters. The summed E-state index contributed by atoms with van der Waals surface area (Å²) in [6.45, 7) is 7.04. The van der Waals surface area contributed by atoms with E-state index in [-0.39, 0.29) is 11.9 Å². The summed E-state index contributed by atoms with van der Waals surface area (Å²) in [6, 6.07) is 6.40. The van der Waals surface area contributed by atoms with Crippen LogP contribution in [0.2, 0.25) is 0 Å². The molecule has 0 saturated carbocycles. The van der Waals surface area contributed by atoms with Crippen LogP contribution in [0, 0.1) is 5.21 Å². The molecule has 0 spiro atoms. The normalized spacial score (nSPS) is 10.2. The van der Waals surface area contributed by atoms with Gasteiger partial charge in [-0.2, -0.15) is 4.74 Å². The van der Waals surface area contributed by atoms with E-state index in [2.05, 4.69) is 17.6 Å². The lowest BCUT2D eigenvalue weighted by atomic mass is 10.2. The van der Waals surface area contributed by atoms with Gasteiger partial charge >= 0.3 is 0 Å². The average Bonchev–Trinajstić information content (AvgIpc) is 2.26. The number of benzene rings is 1. The van der Waals surface area contributed by atoms with Crippen LogP contribution < -0.4 is 10.9 Å². The van der Waals surface area contributed by atoms with E-state index in [4.69, 9.17) is 0 Å². The lowest BCUT2D eigenvalue weighted by molar-refractivity contribution is -0.349. The number of nitrogens with zero attached hydrogens (tertiary/aromatic N) is 1. The number of nitrogens with one attached hydrogen (secondary N) is 2. The summed E-state index contributed by atoms with van der Waals surface area (Å²) in [5.74, 6) is -0.234. The number of carbonyl (C=O) groups excluding carboxylic acids is 1. The van der Waals surface area contributed by atoms with Gasteiger partial charge in [-0.3, -0.25) is 10.2 Å². The quantitative estimate of drug-likeness (QED) is 0.347. The number of carbonyl (C=O) groups is 1. The smallest absolute Gasteiger partial charge is 0.265 e. The maximum absolute atomic E-state index is 11.5. The standard InChI is InChI=1S/C11H15N3O2/c1-8(2)12-13-11(15)9-4-6-10(7-5-9)14(3)16/h4-8,12H,3H2,1-2H3,(H,13,15). The van der Waals surface area contributed by atoms with Crippen LogP contribution >= 0.6 is 0 Å². The van der Waals surface area contributed by atoms with Crippen LogP contribution in [0.25, 0.3) is 0 Å². The second-order valence-electron chi connectivity index (χ2n) is 3.68. The van der Waals surface area contributed by atoms with Gasteiger partial charge in [0.05, 0.1) is 0 Å². The second kappa shape index (κ2) is 5.27. The molecule has 86 valence electrons. The molecule has 0 aliphatic heterocycles. The van der Waals surface area contributed by atoms with Crippen molar-refractivity contribution in [3.05, 3.63) is 35.0 Å². The lowest BCUT2D eigenvalue weighted by Gasteiger charge is -2.09. The fraction of sp³-hybridized carbons (Fsp3) is 0.273. The van der Waals surface area contributed by atoms with Crippen molar-refractivity contribution in [1.29, 1.82) is 0 Å². The molecule has 0 unspecified atom stereocenters. The number of amides is 1. The predicted octanol–water partition coefficient (Wildman–Crippen LogP) is 1.17. The van der Waals surface area contributed by atoms with Crippen LogP contribution in [0.15, 0.2) is 24.3 Å². The zero-order valence-corrected chi connectivity index (χ0v) is 9.36. The first-order valence-electron chi connectivity index (χ1n) is 4.94. The first-order valence-corrected chi connectivity index (χ1v) is 4.94. The van der Waals surface area contributed by atoms with Crippen molar-refractivity contribution < 1.29 is 9.53 Å². The highest BCUT2D eigenvalue weighted by Gasteiger charge is 2.06. The molecule has 0 heterocycles. The van der Waals surface area contributed by atoms with Crippen molar-refractivity contribution in [3.8, 4) is 0 Å². The molecule has 1 rings (SSSR count). The van der Waals surface area contributed by atoms with Crippen molar-refractivity contribution >= 4 is 18.3 Å².